The van der Waals surface area contributed by atoms with Gasteiger partial charge in [0.15, 0.2) is 0 Å². The van der Waals surface area contributed by atoms with Gasteiger partial charge in [-0.2, -0.15) is 13.2 Å². The van der Waals surface area contributed by atoms with E-state index >= 15 is 0 Å². The number of benzene rings is 1. The van der Waals surface area contributed by atoms with Crippen LogP contribution in [0.3, 0.4) is 0 Å². The van der Waals surface area contributed by atoms with E-state index in [0.717, 1.165) is 18.6 Å². The lowest BCUT2D eigenvalue weighted by molar-refractivity contribution is -0.477. The van der Waals surface area contributed by atoms with Crippen LogP contribution in [-0.2, 0) is 6.18 Å². The highest BCUT2D eigenvalue weighted by molar-refractivity contribution is 5.64. The van der Waals surface area contributed by atoms with Gasteiger partial charge in [0.25, 0.3) is 5.69 Å². The largest absolute Gasteiger partial charge is 0.416 e. The fraction of sp³-hybridized carbons (Fsp3) is 0.538. The summed E-state index contributed by atoms with van der Waals surface area (Å²) < 4.78 is 38.1. The van der Waals surface area contributed by atoms with Crippen molar-refractivity contribution in [3.8, 4) is 0 Å². The summed E-state index contributed by atoms with van der Waals surface area (Å²) in [7, 11) is 0. The van der Waals surface area contributed by atoms with Crippen molar-refractivity contribution in [2.75, 3.05) is 24.5 Å². The molecule has 0 saturated heterocycles. The summed E-state index contributed by atoms with van der Waals surface area (Å²) in [6, 6.07) is 2.20. The molecule has 0 fully saturated rings. The van der Waals surface area contributed by atoms with Crippen molar-refractivity contribution < 1.29 is 23.0 Å². The number of alkyl halides is 3. The SMILES string of the molecule is CCCCN(CC[N+](=O)[O-])c1ccc(C(F)(F)F)cc1[N+](=O)[O-]. The Bertz CT molecular complexity index is 578. The fourth-order valence-corrected chi connectivity index (χ4v) is 2.02. The molecule has 1 aromatic rings. The summed E-state index contributed by atoms with van der Waals surface area (Å²) in [5.41, 5.74) is -1.88. The first-order valence-electron chi connectivity index (χ1n) is 6.89. The van der Waals surface area contributed by atoms with Crippen LogP contribution in [0.25, 0.3) is 0 Å². The third-order valence-electron chi connectivity index (χ3n) is 3.17. The van der Waals surface area contributed by atoms with E-state index in [1.165, 1.54) is 4.90 Å². The number of hydrogen-bond acceptors (Lipinski definition) is 5. The number of nitrogens with zero attached hydrogens (tertiary/aromatic N) is 3. The van der Waals surface area contributed by atoms with Gasteiger partial charge < -0.3 is 4.90 Å². The van der Waals surface area contributed by atoms with E-state index in [1.54, 1.807) is 0 Å². The van der Waals surface area contributed by atoms with Gasteiger partial charge in [-0.3, -0.25) is 20.2 Å². The molecular formula is C13H16F3N3O4. The van der Waals surface area contributed by atoms with E-state index in [-0.39, 0.29) is 18.8 Å². The Balaban J connectivity index is 3.22. The molecule has 7 nitrogen and oxygen atoms in total. The average molecular weight is 335 g/mol. The first kappa shape index (κ1) is 18.7. The van der Waals surface area contributed by atoms with E-state index < -0.39 is 33.8 Å². The van der Waals surface area contributed by atoms with Crippen LogP contribution in [-0.4, -0.2) is 29.5 Å². The van der Waals surface area contributed by atoms with Crippen molar-refractivity contribution >= 4 is 11.4 Å². The zero-order chi connectivity index (χ0) is 17.6. The van der Waals surface area contributed by atoms with Gasteiger partial charge in [-0.15, -0.1) is 0 Å². The van der Waals surface area contributed by atoms with Crippen molar-refractivity contribution in [1.82, 2.24) is 0 Å². The molecule has 0 N–H and O–H groups in total. The van der Waals surface area contributed by atoms with Gasteiger partial charge in [0.05, 0.1) is 17.0 Å². The summed E-state index contributed by atoms with van der Waals surface area (Å²) in [5, 5.41) is 21.6. The lowest BCUT2D eigenvalue weighted by Gasteiger charge is -2.23. The molecule has 0 aromatic heterocycles. The zero-order valence-corrected chi connectivity index (χ0v) is 12.4. The fourth-order valence-electron chi connectivity index (χ4n) is 2.02. The highest BCUT2D eigenvalue weighted by Gasteiger charge is 2.33. The van der Waals surface area contributed by atoms with E-state index in [1.807, 2.05) is 6.92 Å². The third kappa shape index (κ3) is 5.38. The molecule has 0 aliphatic carbocycles. The average Bonchev–Trinajstić information content (AvgIpc) is 2.45. The second kappa shape index (κ2) is 7.75. The second-order valence-electron chi connectivity index (χ2n) is 4.86. The Kier molecular flexibility index (Phi) is 6.28. The van der Waals surface area contributed by atoms with Gasteiger partial charge in [-0.25, -0.2) is 0 Å². The smallest absolute Gasteiger partial charge is 0.359 e. The molecule has 0 heterocycles. The van der Waals surface area contributed by atoms with Crippen LogP contribution in [0.1, 0.15) is 25.3 Å². The highest BCUT2D eigenvalue weighted by atomic mass is 19.4. The number of nitro groups is 2. The Hall–Kier alpha value is -2.39. The van der Waals surface area contributed by atoms with Crippen LogP contribution < -0.4 is 4.90 Å². The minimum absolute atomic E-state index is 0.0432. The summed E-state index contributed by atoms with van der Waals surface area (Å²) in [6.45, 7) is 1.59. The Morgan fingerprint density at radius 1 is 1.17 bits per heavy atom. The van der Waals surface area contributed by atoms with E-state index in [2.05, 4.69) is 0 Å². The predicted octanol–water partition coefficient (Wildman–Crippen LogP) is 3.50. The third-order valence-corrected chi connectivity index (χ3v) is 3.17. The minimum Gasteiger partial charge on any atom is -0.359 e. The Morgan fingerprint density at radius 2 is 1.83 bits per heavy atom. The standard InChI is InChI=1S/C13H16F3N3O4/c1-2-3-6-17(7-8-18(20)21)11-5-4-10(13(14,15)16)9-12(11)19(22)23/h4-5,9H,2-3,6-8H2,1H3. The first-order valence-corrected chi connectivity index (χ1v) is 6.89. The zero-order valence-electron chi connectivity index (χ0n) is 12.4. The number of hydrogen-bond donors (Lipinski definition) is 0. The lowest BCUT2D eigenvalue weighted by Crippen LogP contribution is -2.30. The summed E-state index contributed by atoms with van der Waals surface area (Å²) in [4.78, 5) is 21.5. The summed E-state index contributed by atoms with van der Waals surface area (Å²) >= 11 is 0. The molecule has 1 aromatic carbocycles. The van der Waals surface area contributed by atoms with Crippen LogP contribution in [0, 0.1) is 20.2 Å². The minimum atomic E-state index is -4.70. The van der Waals surface area contributed by atoms with Crippen LogP contribution in [0.15, 0.2) is 18.2 Å². The first-order chi connectivity index (χ1) is 10.7. The van der Waals surface area contributed by atoms with Gasteiger partial charge >= 0.3 is 6.18 Å². The lowest BCUT2D eigenvalue weighted by atomic mass is 10.1. The maximum absolute atomic E-state index is 12.7. The van der Waals surface area contributed by atoms with Gasteiger partial charge in [0.1, 0.15) is 5.69 Å². The van der Waals surface area contributed by atoms with E-state index in [0.29, 0.717) is 12.5 Å². The molecule has 0 radical (unpaired) electrons. The molecule has 0 aliphatic heterocycles. The monoisotopic (exact) mass is 335 g/mol. The molecule has 1 rings (SSSR count). The van der Waals surface area contributed by atoms with Crippen LogP contribution in [0.4, 0.5) is 24.5 Å². The molecule has 10 heteroatoms. The molecule has 0 amide bonds. The van der Waals surface area contributed by atoms with Gasteiger partial charge in [0, 0.05) is 17.5 Å². The quantitative estimate of drug-likeness (QED) is 0.536. The van der Waals surface area contributed by atoms with Gasteiger partial charge in [0.2, 0.25) is 6.54 Å². The van der Waals surface area contributed by atoms with E-state index in [9.17, 15) is 33.4 Å². The normalized spacial score (nSPS) is 11.3. The molecule has 0 saturated carbocycles. The maximum atomic E-state index is 12.7. The van der Waals surface area contributed by atoms with Crippen molar-refractivity contribution in [2.24, 2.45) is 0 Å². The van der Waals surface area contributed by atoms with Crippen molar-refractivity contribution in [3.05, 3.63) is 44.0 Å². The van der Waals surface area contributed by atoms with Crippen LogP contribution in [0.5, 0.6) is 0 Å². The molecular weight excluding hydrogens is 319 g/mol. The van der Waals surface area contributed by atoms with Gasteiger partial charge in [-0.05, 0) is 18.6 Å². The topological polar surface area (TPSA) is 89.5 Å². The Labute approximate surface area is 130 Å². The van der Waals surface area contributed by atoms with E-state index in [4.69, 9.17) is 0 Å². The van der Waals surface area contributed by atoms with Gasteiger partial charge in [-0.1, -0.05) is 13.3 Å². The van der Waals surface area contributed by atoms with Crippen LogP contribution >= 0.6 is 0 Å². The number of unbranched alkanes of at least 4 members (excludes halogenated alkanes) is 1. The number of anilines is 1. The molecule has 23 heavy (non-hydrogen) atoms. The Morgan fingerprint density at radius 3 is 2.30 bits per heavy atom. The van der Waals surface area contributed by atoms with Crippen LogP contribution in [0.2, 0.25) is 0 Å². The summed E-state index contributed by atoms with van der Waals surface area (Å²) in [6.07, 6.45) is -3.35. The number of nitro benzene ring substituents is 1. The molecule has 0 bridgehead atoms. The molecule has 0 unspecified atom stereocenters. The summed E-state index contributed by atoms with van der Waals surface area (Å²) in [5.74, 6) is 0. The highest BCUT2D eigenvalue weighted by Crippen LogP contribution is 2.36. The molecule has 0 atom stereocenters. The maximum Gasteiger partial charge on any atom is 0.416 e. The van der Waals surface area contributed by atoms with Crippen molar-refractivity contribution in [1.29, 1.82) is 0 Å². The second-order valence-corrected chi connectivity index (χ2v) is 4.86. The molecule has 0 spiro atoms. The predicted molar refractivity (Wildman–Crippen MR) is 77.1 cm³/mol. The molecule has 0 aliphatic rings. The van der Waals surface area contributed by atoms with Crippen molar-refractivity contribution in [3.63, 3.8) is 0 Å². The molecule has 128 valence electrons. The number of rotatable bonds is 8. The van der Waals surface area contributed by atoms with Crippen molar-refractivity contribution in [2.45, 2.75) is 25.9 Å². The number of halogens is 3.